The number of carbonyl (C=O) groups is 3. The Morgan fingerprint density at radius 3 is 2.53 bits per heavy atom. The number of halogens is 1. The van der Waals surface area contributed by atoms with Gasteiger partial charge in [-0.05, 0) is 49.7 Å². The van der Waals surface area contributed by atoms with Gasteiger partial charge in [-0.3, -0.25) is 4.79 Å². The van der Waals surface area contributed by atoms with Crippen LogP contribution in [0, 0.1) is 0 Å². The van der Waals surface area contributed by atoms with Crippen molar-refractivity contribution in [2.45, 2.75) is 19.9 Å². The summed E-state index contributed by atoms with van der Waals surface area (Å²) in [5, 5.41) is 5.67. The molecule has 0 aromatic heterocycles. The maximum absolute atomic E-state index is 12.5. The molecule has 1 atom stereocenters. The van der Waals surface area contributed by atoms with E-state index in [1.807, 2.05) is 6.07 Å². The Hall–Kier alpha value is -3.13. The molecule has 0 fully saturated rings. The first kappa shape index (κ1) is 21.6. The minimum atomic E-state index is -0.636. The zero-order valence-electron chi connectivity index (χ0n) is 16.9. The summed E-state index contributed by atoms with van der Waals surface area (Å²) < 4.78 is 6.00. The number of esters is 1. The van der Waals surface area contributed by atoms with Gasteiger partial charge in [-0.2, -0.15) is 0 Å². The molecule has 1 aliphatic rings. The van der Waals surface area contributed by atoms with E-state index in [1.165, 1.54) is 4.90 Å². The van der Waals surface area contributed by atoms with Gasteiger partial charge in [0.25, 0.3) is 5.91 Å². The van der Waals surface area contributed by atoms with Crippen LogP contribution in [0.15, 0.2) is 64.3 Å². The van der Waals surface area contributed by atoms with Crippen LogP contribution < -0.4 is 10.6 Å². The standard InChI is InChI=1S/C22H22BrN3O4/c1-4-30-21(28)18-13(2)26(3)22(29)25-19(18)14-8-10-17(11-9-14)24-20(27)15-6-5-7-16(23)12-15/h5-12,19H,4H2,1-3H3,(H,24,27)(H,25,29). The fourth-order valence-corrected chi connectivity index (χ4v) is 3.55. The van der Waals surface area contributed by atoms with Crippen LogP contribution in [0.3, 0.4) is 0 Å². The van der Waals surface area contributed by atoms with Crippen molar-refractivity contribution in [1.82, 2.24) is 10.2 Å². The number of nitrogens with one attached hydrogen (secondary N) is 2. The molecular formula is C22H22BrN3O4. The highest BCUT2D eigenvalue weighted by atomic mass is 79.9. The second-order valence-electron chi connectivity index (χ2n) is 6.75. The Bertz CT molecular complexity index is 1020. The number of carbonyl (C=O) groups excluding carboxylic acids is 3. The average Bonchev–Trinajstić information content (AvgIpc) is 2.72. The normalized spacial score (nSPS) is 16.2. The smallest absolute Gasteiger partial charge is 0.338 e. The number of hydrogen-bond acceptors (Lipinski definition) is 4. The molecule has 0 saturated heterocycles. The molecule has 2 aromatic rings. The first-order chi connectivity index (χ1) is 14.3. The van der Waals surface area contributed by atoms with E-state index in [0.29, 0.717) is 28.1 Å². The molecule has 8 heteroatoms. The minimum Gasteiger partial charge on any atom is -0.463 e. The van der Waals surface area contributed by atoms with Crippen LogP contribution in [0.5, 0.6) is 0 Å². The number of ether oxygens (including phenoxy) is 1. The van der Waals surface area contributed by atoms with E-state index in [2.05, 4.69) is 26.6 Å². The lowest BCUT2D eigenvalue weighted by molar-refractivity contribution is -0.139. The predicted molar refractivity (Wildman–Crippen MR) is 117 cm³/mol. The Balaban J connectivity index is 1.84. The molecule has 0 spiro atoms. The van der Waals surface area contributed by atoms with E-state index < -0.39 is 12.0 Å². The van der Waals surface area contributed by atoms with E-state index >= 15 is 0 Å². The molecule has 3 rings (SSSR count). The summed E-state index contributed by atoms with van der Waals surface area (Å²) in [6.07, 6.45) is 0. The number of nitrogens with zero attached hydrogens (tertiary/aromatic N) is 1. The second kappa shape index (κ2) is 9.13. The van der Waals surface area contributed by atoms with Gasteiger partial charge in [-0.1, -0.05) is 34.1 Å². The van der Waals surface area contributed by atoms with E-state index in [9.17, 15) is 14.4 Å². The van der Waals surface area contributed by atoms with Crippen molar-refractivity contribution in [2.24, 2.45) is 0 Å². The molecule has 1 aliphatic heterocycles. The number of allylic oxidation sites excluding steroid dienone is 1. The average molecular weight is 472 g/mol. The third-order valence-electron chi connectivity index (χ3n) is 4.84. The maximum atomic E-state index is 12.5. The summed E-state index contributed by atoms with van der Waals surface area (Å²) in [4.78, 5) is 38.6. The summed E-state index contributed by atoms with van der Waals surface area (Å²) in [5.74, 6) is -0.710. The first-order valence-electron chi connectivity index (χ1n) is 9.40. The second-order valence-corrected chi connectivity index (χ2v) is 7.66. The van der Waals surface area contributed by atoms with Gasteiger partial charge in [-0.25, -0.2) is 9.59 Å². The van der Waals surface area contributed by atoms with Gasteiger partial charge in [0.15, 0.2) is 0 Å². The lowest BCUT2D eigenvalue weighted by Crippen LogP contribution is -2.46. The SMILES string of the molecule is CCOC(=O)C1=C(C)N(C)C(=O)NC1c1ccc(NC(=O)c2cccc(Br)c2)cc1. The Labute approximate surface area is 183 Å². The zero-order chi connectivity index (χ0) is 21.8. The van der Waals surface area contributed by atoms with Crippen molar-refractivity contribution < 1.29 is 19.1 Å². The van der Waals surface area contributed by atoms with Crippen molar-refractivity contribution in [2.75, 3.05) is 19.0 Å². The molecule has 0 bridgehead atoms. The third-order valence-corrected chi connectivity index (χ3v) is 5.33. The summed E-state index contributed by atoms with van der Waals surface area (Å²) >= 11 is 3.35. The largest absolute Gasteiger partial charge is 0.463 e. The molecule has 30 heavy (non-hydrogen) atoms. The summed E-state index contributed by atoms with van der Waals surface area (Å²) in [6, 6.07) is 13.1. The van der Waals surface area contributed by atoms with Crippen LogP contribution in [0.2, 0.25) is 0 Å². The molecule has 0 aliphatic carbocycles. The number of urea groups is 1. The molecule has 3 amide bonds. The van der Waals surface area contributed by atoms with Crippen molar-refractivity contribution >= 4 is 39.5 Å². The molecule has 2 aromatic carbocycles. The monoisotopic (exact) mass is 471 g/mol. The van der Waals surface area contributed by atoms with Crippen molar-refractivity contribution in [1.29, 1.82) is 0 Å². The lowest BCUT2D eigenvalue weighted by atomic mass is 9.95. The van der Waals surface area contributed by atoms with Gasteiger partial charge in [0.2, 0.25) is 0 Å². The predicted octanol–water partition coefficient (Wildman–Crippen LogP) is 4.23. The van der Waals surface area contributed by atoms with Gasteiger partial charge in [0, 0.05) is 28.5 Å². The molecule has 1 unspecified atom stereocenters. The van der Waals surface area contributed by atoms with E-state index in [1.54, 1.807) is 63.4 Å². The van der Waals surface area contributed by atoms with Crippen LogP contribution in [-0.4, -0.2) is 36.5 Å². The molecule has 2 N–H and O–H groups in total. The fraction of sp³-hybridized carbons (Fsp3) is 0.227. The number of rotatable bonds is 5. The summed E-state index contributed by atoms with van der Waals surface area (Å²) in [6.45, 7) is 3.68. The van der Waals surface area contributed by atoms with Crippen molar-refractivity contribution in [3.8, 4) is 0 Å². The van der Waals surface area contributed by atoms with Gasteiger partial charge >= 0.3 is 12.0 Å². The van der Waals surface area contributed by atoms with Crippen molar-refractivity contribution in [3.05, 3.63) is 75.4 Å². The topological polar surface area (TPSA) is 87.7 Å². The number of anilines is 1. The van der Waals surface area contributed by atoms with Gasteiger partial charge in [0.1, 0.15) is 0 Å². The first-order valence-corrected chi connectivity index (χ1v) is 10.2. The van der Waals surface area contributed by atoms with E-state index in [-0.39, 0.29) is 18.5 Å². The van der Waals surface area contributed by atoms with Crippen LogP contribution >= 0.6 is 15.9 Å². The third kappa shape index (κ3) is 4.54. The number of benzene rings is 2. The Kier molecular flexibility index (Phi) is 6.56. The maximum Gasteiger partial charge on any atom is 0.338 e. The molecule has 0 saturated carbocycles. The van der Waals surface area contributed by atoms with Crippen LogP contribution in [0.4, 0.5) is 10.5 Å². The Morgan fingerprint density at radius 1 is 1.20 bits per heavy atom. The highest BCUT2D eigenvalue weighted by Crippen LogP contribution is 2.31. The summed E-state index contributed by atoms with van der Waals surface area (Å²) in [7, 11) is 1.60. The minimum absolute atomic E-state index is 0.236. The molecule has 0 radical (unpaired) electrons. The highest BCUT2D eigenvalue weighted by molar-refractivity contribution is 9.10. The van der Waals surface area contributed by atoms with E-state index in [4.69, 9.17) is 4.74 Å². The number of hydrogen-bond donors (Lipinski definition) is 2. The molecule has 156 valence electrons. The molecule has 7 nitrogen and oxygen atoms in total. The molecule has 1 heterocycles. The van der Waals surface area contributed by atoms with Gasteiger partial charge < -0.3 is 20.3 Å². The Morgan fingerprint density at radius 2 is 1.90 bits per heavy atom. The van der Waals surface area contributed by atoms with Gasteiger partial charge in [-0.15, -0.1) is 0 Å². The fourth-order valence-electron chi connectivity index (χ4n) is 3.15. The number of amides is 3. The van der Waals surface area contributed by atoms with Crippen LogP contribution in [0.1, 0.15) is 35.8 Å². The highest BCUT2D eigenvalue weighted by Gasteiger charge is 2.34. The van der Waals surface area contributed by atoms with Crippen LogP contribution in [-0.2, 0) is 9.53 Å². The lowest BCUT2D eigenvalue weighted by Gasteiger charge is -2.33. The van der Waals surface area contributed by atoms with Crippen molar-refractivity contribution in [3.63, 3.8) is 0 Å². The van der Waals surface area contributed by atoms with Gasteiger partial charge in [0.05, 0.1) is 18.2 Å². The molecular weight excluding hydrogens is 450 g/mol. The summed E-state index contributed by atoms with van der Waals surface area (Å²) in [5.41, 5.74) is 2.75. The van der Waals surface area contributed by atoms with Crippen LogP contribution in [0.25, 0.3) is 0 Å². The zero-order valence-corrected chi connectivity index (χ0v) is 18.4. The quantitative estimate of drug-likeness (QED) is 0.638. The van der Waals surface area contributed by atoms with E-state index in [0.717, 1.165) is 4.47 Å².